The summed E-state index contributed by atoms with van der Waals surface area (Å²) >= 11 is 0. The minimum absolute atomic E-state index is 0.0285. The molecule has 1 amide bonds. The number of hydrogen-bond donors (Lipinski definition) is 1. The van der Waals surface area contributed by atoms with Gasteiger partial charge in [-0.25, -0.2) is 0 Å². The summed E-state index contributed by atoms with van der Waals surface area (Å²) in [6.07, 6.45) is -0.0300. The molecule has 3 aromatic carbocycles. The van der Waals surface area contributed by atoms with Crippen LogP contribution < -0.4 is 14.4 Å². The average molecular weight is 529 g/mol. The molecule has 1 N–H and O–H groups in total. The molecule has 8 heteroatoms. The van der Waals surface area contributed by atoms with E-state index in [1.807, 2.05) is 74.3 Å². The summed E-state index contributed by atoms with van der Waals surface area (Å²) < 4.78 is 17.5. The van der Waals surface area contributed by atoms with Crippen LogP contribution in [0, 0.1) is 0 Å². The molecule has 1 fully saturated rings. The molecular formula is C31H32N2O6. The number of likely N-dealkylation sites (N-methyl/N-ethyl adjacent to an activating group) is 1. The van der Waals surface area contributed by atoms with Gasteiger partial charge in [0.25, 0.3) is 11.7 Å². The quantitative estimate of drug-likeness (QED) is 0.246. The van der Waals surface area contributed by atoms with E-state index in [0.29, 0.717) is 41.5 Å². The Morgan fingerprint density at radius 1 is 1.03 bits per heavy atom. The van der Waals surface area contributed by atoms with E-state index in [9.17, 15) is 14.7 Å². The van der Waals surface area contributed by atoms with Crippen molar-refractivity contribution in [2.75, 3.05) is 38.3 Å². The van der Waals surface area contributed by atoms with Crippen molar-refractivity contribution >= 4 is 23.1 Å². The molecule has 2 heterocycles. The van der Waals surface area contributed by atoms with Crippen LogP contribution >= 0.6 is 0 Å². The maximum absolute atomic E-state index is 13.4. The zero-order valence-electron chi connectivity index (χ0n) is 22.3. The van der Waals surface area contributed by atoms with Crippen LogP contribution in [0.15, 0.2) is 78.4 Å². The van der Waals surface area contributed by atoms with Crippen LogP contribution in [0.5, 0.6) is 17.2 Å². The van der Waals surface area contributed by atoms with Crippen LogP contribution in [0.3, 0.4) is 0 Å². The van der Waals surface area contributed by atoms with Gasteiger partial charge in [0.1, 0.15) is 29.6 Å². The van der Waals surface area contributed by atoms with Crippen molar-refractivity contribution in [1.82, 2.24) is 4.90 Å². The van der Waals surface area contributed by atoms with Gasteiger partial charge in [-0.3, -0.25) is 9.59 Å². The highest BCUT2D eigenvalue weighted by Gasteiger charge is 2.46. The van der Waals surface area contributed by atoms with E-state index >= 15 is 0 Å². The molecule has 0 aliphatic carbocycles. The van der Waals surface area contributed by atoms with E-state index in [1.54, 1.807) is 24.3 Å². The lowest BCUT2D eigenvalue weighted by atomic mass is 9.94. The topological polar surface area (TPSA) is 88.5 Å². The number of carbonyl (C=O) groups excluding carboxylic acids is 2. The van der Waals surface area contributed by atoms with Crippen LogP contribution in [0.2, 0.25) is 0 Å². The number of hydrogen-bond acceptors (Lipinski definition) is 7. The average Bonchev–Trinajstić information content (AvgIpc) is 3.18. The summed E-state index contributed by atoms with van der Waals surface area (Å²) in [5.41, 5.74) is 1.91. The zero-order chi connectivity index (χ0) is 27.5. The molecule has 5 rings (SSSR count). The second kappa shape index (κ2) is 11.2. The Morgan fingerprint density at radius 3 is 2.56 bits per heavy atom. The number of amides is 1. The van der Waals surface area contributed by atoms with Gasteiger partial charge in [0, 0.05) is 19.2 Å². The van der Waals surface area contributed by atoms with Crippen molar-refractivity contribution in [1.29, 1.82) is 0 Å². The van der Waals surface area contributed by atoms with Gasteiger partial charge in [-0.05, 0) is 61.9 Å². The number of Topliss-reactive ketones (excluding diaryl/α,β-unsaturated/α-hetero) is 1. The van der Waals surface area contributed by atoms with Crippen molar-refractivity contribution in [3.05, 3.63) is 89.5 Å². The van der Waals surface area contributed by atoms with Crippen LogP contribution in [-0.4, -0.2) is 61.2 Å². The fourth-order valence-electron chi connectivity index (χ4n) is 4.87. The Hall–Kier alpha value is -4.30. The normalized spacial score (nSPS) is 18.3. The second-order valence-corrected chi connectivity index (χ2v) is 9.85. The molecule has 0 saturated carbocycles. The number of para-hydroxylation sites is 1. The fourth-order valence-corrected chi connectivity index (χ4v) is 4.87. The Balaban J connectivity index is 1.57. The number of aliphatic hydroxyl groups excluding tert-OH is 1. The predicted molar refractivity (Wildman–Crippen MR) is 148 cm³/mol. The molecule has 2 aliphatic rings. The monoisotopic (exact) mass is 528 g/mol. The van der Waals surface area contributed by atoms with Crippen LogP contribution in [-0.2, 0) is 14.3 Å². The number of benzene rings is 3. The number of likely N-dealkylation sites (tertiary alicyclic amines) is 1. The molecule has 1 saturated heterocycles. The SMILES string of the molecule is CC(C)OCCN1C(=O)C(=O)/C(=C(\O)c2ccc3c(c2)N(C)CCO3)C1c1cccc(Oc2ccccc2)c1. The molecule has 2 aliphatic heterocycles. The van der Waals surface area contributed by atoms with E-state index in [-0.39, 0.29) is 30.6 Å². The van der Waals surface area contributed by atoms with E-state index in [0.717, 1.165) is 5.69 Å². The second-order valence-electron chi connectivity index (χ2n) is 9.85. The van der Waals surface area contributed by atoms with E-state index in [4.69, 9.17) is 14.2 Å². The Morgan fingerprint density at radius 2 is 1.79 bits per heavy atom. The van der Waals surface area contributed by atoms with Gasteiger partial charge < -0.3 is 29.1 Å². The van der Waals surface area contributed by atoms with E-state index < -0.39 is 17.7 Å². The van der Waals surface area contributed by atoms with Crippen molar-refractivity contribution in [3.8, 4) is 17.2 Å². The van der Waals surface area contributed by atoms with Crippen LogP contribution in [0.25, 0.3) is 5.76 Å². The third kappa shape index (κ3) is 5.47. The maximum Gasteiger partial charge on any atom is 0.295 e. The van der Waals surface area contributed by atoms with Gasteiger partial charge in [-0.2, -0.15) is 0 Å². The van der Waals surface area contributed by atoms with Crippen molar-refractivity contribution in [2.45, 2.75) is 26.0 Å². The Kier molecular flexibility index (Phi) is 7.56. The number of rotatable bonds is 8. The summed E-state index contributed by atoms with van der Waals surface area (Å²) in [4.78, 5) is 30.2. The van der Waals surface area contributed by atoms with Gasteiger partial charge in [-0.15, -0.1) is 0 Å². The molecule has 0 spiro atoms. The van der Waals surface area contributed by atoms with Crippen molar-refractivity contribution in [2.24, 2.45) is 0 Å². The Bertz CT molecular complexity index is 1400. The van der Waals surface area contributed by atoms with Gasteiger partial charge in [-0.1, -0.05) is 30.3 Å². The largest absolute Gasteiger partial charge is 0.507 e. The highest BCUT2D eigenvalue weighted by Crippen LogP contribution is 2.42. The van der Waals surface area contributed by atoms with Crippen molar-refractivity contribution in [3.63, 3.8) is 0 Å². The molecule has 202 valence electrons. The van der Waals surface area contributed by atoms with Gasteiger partial charge in [0.15, 0.2) is 0 Å². The number of anilines is 1. The number of fused-ring (bicyclic) bond motifs is 1. The number of carbonyl (C=O) groups is 2. The molecule has 0 bridgehead atoms. The standard InChI is InChI=1S/C31H32N2O6/c1-20(2)37-17-15-33-28(21-8-7-11-24(18-21)39-23-9-5-4-6-10-23)27(30(35)31(33)36)29(34)22-12-13-26-25(19-22)32(3)14-16-38-26/h4-13,18-20,28,34H,14-17H2,1-3H3/b29-27-. The molecule has 1 atom stereocenters. The smallest absolute Gasteiger partial charge is 0.295 e. The third-order valence-electron chi connectivity index (χ3n) is 6.80. The minimum atomic E-state index is -0.815. The summed E-state index contributed by atoms with van der Waals surface area (Å²) in [6.45, 7) is 5.53. The highest BCUT2D eigenvalue weighted by atomic mass is 16.5. The van der Waals surface area contributed by atoms with Gasteiger partial charge in [0.05, 0.1) is 36.6 Å². The summed E-state index contributed by atoms with van der Waals surface area (Å²) in [7, 11) is 1.94. The number of nitrogens with zero attached hydrogens (tertiary/aromatic N) is 2. The van der Waals surface area contributed by atoms with E-state index in [1.165, 1.54) is 4.90 Å². The summed E-state index contributed by atoms with van der Waals surface area (Å²) in [5.74, 6) is 0.265. The molecular weight excluding hydrogens is 496 g/mol. The number of ether oxygens (including phenoxy) is 3. The van der Waals surface area contributed by atoms with Crippen LogP contribution in [0.4, 0.5) is 5.69 Å². The van der Waals surface area contributed by atoms with E-state index in [2.05, 4.69) is 0 Å². The molecule has 0 radical (unpaired) electrons. The van der Waals surface area contributed by atoms with Gasteiger partial charge in [0.2, 0.25) is 0 Å². The first kappa shape index (κ1) is 26.3. The molecule has 3 aromatic rings. The summed E-state index contributed by atoms with van der Waals surface area (Å²) in [6, 6.07) is 21.0. The summed E-state index contributed by atoms with van der Waals surface area (Å²) in [5, 5.41) is 11.5. The first-order valence-electron chi connectivity index (χ1n) is 13.0. The Labute approximate surface area is 228 Å². The zero-order valence-corrected chi connectivity index (χ0v) is 22.3. The van der Waals surface area contributed by atoms with Crippen molar-refractivity contribution < 1.29 is 28.9 Å². The maximum atomic E-state index is 13.4. The minimum Gasteiger partial charge on any atom is -0.507 e. The lowest BCUT2D eigenvalue weighted by Crippen LogP contribution is -2.33. The third-order valence-corrected chi connectivity index (χ3v) is 6.80. The predicted octanol–water partition coefficient (Wildman–Crippen LogP) is 5.15. The lowest BCUT2D eigenvalue weighted by molar-refractivity contribution is -0.140. The highest BCUT2D eigenvalue weighted by molar-refractivity contribution is 6.46. The molecule has 1 unspecified atom stereocenters. The number of aliphatic hydroxyl groups is 1. The lowest BCUT2D eigenvalue weighted by Gasteiger charge is -2.28. The first-order chi connectivity index (χ1) is 18.8. The molecule has 39 heavy (non-hydrogen) atoms. The van der Waals surface area contributed by atoms with Gasteiger partial charge >= 0.3 is 0 Å². The fraction of sp³-hybridized carbons (Fsp3) is 0.290. The van der Waals surface area contributed by atoms with Crippen LogP contribution in [0.1, 0.15) is 31.0 Å². The first-order valence-corrected chi connectivity index (χ1v) is 13.0. The molecule has 8 nitrogen and oxygen atoms in total. The number of ketones is 1. The molecule has 0 aromatic heterocycles.